The molecule has 90 valence electrons. The quantitative estimate of drug-likeness (QED) is 0.719. The molecule has 0 spiro atoms. The van der Waals surface area contributed by atoms with Gasteiger partial charge >= 0.3 is 0 Å². The summed E-state index contributed by atoms with van der Waals surface area (Å²) in [6.07, 6.45) is 4.25. The maximum atomic E-state index is 5.90. The van der Waals surface area contributed by atoms with E-state index in [1.54, 1.807) is 12.4 Å². The fourth-order valence-corrected chi connectivity index (χ4v) is 1.32. The maximum Gasteiger partial charge on any atom is 0.234 e. The topological polar surface area (TPSA) is 38.2 Å². The average molecular weight is 244 g/mol. The number of anilines is 1. The van der Waals surface area contributed by atoms with E-state index >= 15 is 0 Å². The number of rotatable bonds is 6. The highest BCUT2D eigenvalue weighted by atomic mass is 35.5. The first kappa shape index (κ1) is 13.0. The van der Waals surface area contributed by atoms with Crippen LogP contribution in [-0.4, -0.2) is 35.5 Å². The zero-order valence-electron chi connectivity index (χ0n) is 9.98. The van der Waals surface area contributed by atoms with Crippen molar-refractivity contribution < 1.29 is 4.74 Å². The van der Waals surface area contributed by atoms with Crippen LogP contribution in [0, 0.1) is 0 Å². The highest BCUT2D eigenvalue weighted by Gasteiger charge is 2.06. The zero-order valence-corrected chi connectivity index (χ0v) is 10.7. The second-order valence-corrected chi connectivity index (χ2v) is 4.38. The molecular weight excluding hydrogens is 226 g/mol. The molecule has 1 heterocycles. The number of halogens is 1. The second kappa shape index (κ2) is 6.53. The largest absolute Gasteiger partial charge is 0.477 e. The van der Waals surface area contributed by atoms with E-state index in [0.717, 1.165) is 18.8 Å². The molecule has 1 aromatic rings. The second-order valence-electron chi connectivity index (χ2n) is 3.64. The molecule has 0 aromatic carbocycles. The first-order valence-electron chi connectivity index (χ1n) is 5.43. The minimum atomic E-state index is 0.172. The van der Waals surface area contributed by atoms with Crippen molar-refractivity contribution in [1.29, 1.82) is 0 Å². The van der Waals surface area contributed by atoms with Crippen molar-refractivity contribution >= 4 is 17.4 Å². The predicted molar refractivity (Wildman–Crippen MR) is 66.4 cm³/mol. The summed E-state index contributed by atoms with van der Waals surface area (Å²) in [5.41, 5.74) is 0. The monoisotopic (exact) mass is 243 g/mol. The fraction of sp³-hybridized carbons (Fsp3) is 0.636. The Bertz CT molecular complexity index is 320. The Balaban J connectivity index is 2.60. The molecule has 0 aliphatic carbocycles. The molecule has 4 nitrogen and oxygen atoms in total. The van der Waals surface area contributed by atoms with E-state index in [1.165, 1.54) is 0 Å². The van der Waals surface area contributed by atoms with Crippen molar-refractivity contribution in [3.05, 3.63) is 12.4 Å². The molecule has 0 saturated carbocycles. The van der Waals surface area contributed by atoms with Crippen LogP contribution in [0.5, 0.6) is 5.88 Å². The molecule has 0 bridgehead atoms. The lowest BCUT2D eigenvalue weighted by Gasteiger charge is -2.18. The number of nitrogens with zero attached hydrogens (tertiary/aromatic N) is 3. The van der Waals surface area contributed by atoms with Crippen molar-refractivity contribution in [2.75, 3.05) is 25.1 Å². The molecule has 0 saturated heterocycles. The summed E-state index contributed by atoms with van der Waals surface area (Å²) in [7, 11) is 1.97. The third-order valence-electron chi connectivity index (χ3n) is 2.15. The Hall–Kier alpha value is -1.03. The Kier molecular flexibility index (Phi) is 5.32. The summed E-state index contributed by atoms with van der Waals surface area (Å²) in [5.74, 6) is 1.37. The van der Waals surface area contributed by atoms with E-state index in [0.29, 0.717) is 12.5 Å². The van der Waals surface area contributed by atoms with Gasteiger partial charge in [0, 0.05) is 19.0 Å². The van der Waals surface area contributed by atoms with Crippen LogP contribution in [0.2, 0.25) is 0 Å². The first-order chi connectivity index (χ1) is 7.63. The number of hydrogen-bond acceptors (Lipinski definition) is 4. The van der Waals surface area contributed by atoms with Gasteiger partial charge in [-0.05, 0) is 20.3 Å². The highest BCUT2D eigenvalue weighted by Crippen LogP contribution is 2.13. The fourth-order valence-electron chi connectivity index (χ4n) is 1.23. The molecular formula is C11H18ClN3O. The summed E-state index contributed by atoms with van der Waals surface area (Å²) < 4.78 is 5.30. The standard InChI is InChI=1S/C11H18ClN3O/c1-4-16-11-8-13-7-10(14-11)15(3)6-5-9(2)12/h7-9H,4-6H2,1-3H3. The summed E-state index contributed by atoms with van der Waals surface area (Å²) in [6, 6.07) is 0. The van der Waals surface area contributed by atoms with E-state index in [2.05, 4.69) is 9.97 Å². The van der Waals surface area contributed by atoms with Gasteiger partial charge in [0.15, 0.2) is 5.82 Å². The molecule has 1 atom stereocenters. The molecule has 0 aliphatic heterocycles. The molecule has 1 unspecified atom stereocenters. The van der Waals surface area contributed by atoms with Crippen LogP contribution in [-0.2, 0) is 0 Å². The number of hydrogen-bond donors (Lipinski definition) is 0. The van der Waals surface area contributed by atoms with Crippen LogP contribution >= 0.6 is 11.6 Å². The molecule has 1 aromatic heterocycles. The van der Waals surface area contributed by atoms with Gasteiger partial charge in [-0.15, -0.1) is 11.6 Å². The Labute approximate surface area is 102 Å². The van der Waals surface area contributed by atoms with E-state index in [4.69, 9.17) is 16.3 Å². The third kappa shape index (κ3) is 4.23. The summed E-state index contributed by atoms with van der Waals surface area (Å²) in [5, 5.41) is 0.172. The van der Waals surface area contributed by atoms with Crippen molar-refractivity contribution in [3.63, 3.8) is 0 Å². The molecule has 5 heteroatoms. The summed E-state index contributed by atoms with van der Waals surface area (Å²) in [6.45, 7) is 5.36. The Morgan fingerprint density at radius 2 is 2.25 bits per heavy atom. The molecule has 0 amide bonds. The number of ether oxygens (including phenoxy) is 1. The van der Waals surface area contributed by atoms with E-state index < -0.39 is 0 Å². The average Bonchev–Trinajstić information content (AvgIpc) is 2.26. The van der Waals surface area contributed by atoms with Gasteiger partial charge in [0.25, 0.3) is 0 Å². The van der Waals surface area contributed by atoms with Gasteiger partial charge in [-0.2, -0.15) is 4.98 Å². The molecule has 1 rings (SSSR count). The van der Waals surface area contributed by atoms with Crippen molar-refractivity contribution in [1.82, 2.24) is 9.97 Å². The van der Waals surface area contributed by atoms with Crippen molar-refractivity contribution in [2.24, 2.45) is 0 Å². The van der Waals surface area contributed by atoms with Crippen LogP contribution in [0.1, 0.15) is 20.3 Å². The van der Waals surface area contributed by atoms with Gasteiger partial charge in [-0.3, -0.25) is 4.98 Å². The lowest BCUT2D eigenvalue weighted by Crippen LogP contribution is -2.21. The smallest absolute Gasteiger partial charge is 0.234 e. The highest BCUT2D eigenvalue weighted by molar-refractivity contribution is 6.20. The lowest BCUT2D eigenvalue weighted by atomic mass is 10.3. The van der Waals surface area contributed by atoms with Gasteiger partial charge in [0.05, 0.1) is 19.0 Å². The minimum Gasteiger partial charge on any atom is -0.477 e. The van der Waals surface area contributed by atoms with Gasteiger partial charge in [-0.25, -0.2) is 0 Å². The number of alkyl halides is 1. The van der Waals surface area contributed by atoms with Crippen molar-refractivity contribution in [3.8, 4) is 5.88 Å². The molecule has 0 fully saturated rings. The third-order valence-corrected chi connectivity index (χ3v) is 2.36. The maximum absolute atomic E-state index is 5.90. The molecule has 0 N–H and O–H groups in total. The van der Waals surface area contributed by atoms with Crippen LogP contribution in [0.25, 0.3) is 0 Å². The van der Waals surface area contributed by atoms with Gasteiger partial charge < -0.3 is 9.64 Å². The van der Waals surface area contributed by atoms with Gasteiger partial charge in [0.1, 0.15) is 0 Å². The molecule has 16 heavy (non-hydrogen) atoms. The SMILES string of the molecule is CCOc1cncc(N(C)CCC(C)Cl)n1. The van der Waals surface area contributed by atoms with Crippen molar-refractivity contribution in [2.45, 2.75) is 25.6 Å². The van der Waals surface area contributed by atoms with Crippen LogP contribution in [0.3, 0.4) is 0 Å². The predicted octanol–water partition coefficient (Wildman–Crippen LogP) is 2.33. The van der Waals surface area contributed by atoms with Crippen LogP contribution in [0.4, 0.5) is 5.82 Å². The lowest BCUT2D eigenvalue weighted by molar-refractivity contribution is 0.325. The van der Waals surface area contributed by atoms with Gasteiger partial charge in [0.2, 0.25) is 5.88 Å². The number of aromatic nitrogens is 2. The Morgan fingerprint density at radius 1 is 1.50 bits per heavy atom. The normalized spacial score (nSPS) is 12.2. The summed E-state index contributed by atoms with van der Waals surface area (Å²) in [4.78, 5) is 10.4. The van der Waals surface area contributed by atoms with Gasteiger partial charge in [-0.1, -0.05) is 0 Å². The van der Waals surface area contributed by atoms with E-state index in [-0.39, 0.29) is 5.38 Å². The molecule has 0 aliphatic rings. The molecule has 0 radical (unpaired) electrons. The first-order valence-corrected chi connectivity index (χ1v) is 5.87. The van der Waals surface area contributed by atoms with Crippen LogP contribution < -0.4 is 9.64 Å². The summed E-state index contributed by atoms with van der Waals surface area (Å²) >= 11 is 5.90. The van der Waals surface area contributed by atoms with E-state index in [1.807, 2.05) is 25.8 Å². The minimum absolute atomic E-state index is 0.172. The zero-order chi connectivity index (χ0) is 12.0. The van der Waals surface area contributed by atoms with Crippen LogP contribution in [0.15, 0.2) is 12.4 Å². The van der Waals surface area contributed by atoms with E-state index in [9.17, 15) is 0 Å². The Morgan fingerprint density at radius 3 is 2.88 bits per heavy atom.